The standard InChI is InChI=1S/C32H39N5O11/c1-14-8-17-23(25(40)19(14)12-37-30(34)35-2)26(41)22-18(24(17)39)10-16(46-3)11-20(22)47-29-27(42)28(43)31(44,32(45,13-38)48-29)6-4-15-5-7-36-21(33)9-15/h5,8-11,27-29,36,38,40,42-45H,4,6-7,12-13,33H2,1-3H3,(H3,34,35,37)/t27-,28-,29-,31+,32-/m1/s1. The fourth-order valence-corrected chi connectivity index (χ4v) is 6.10. The highest BCUT2D eigenvalue weighted by atomic mass is 16.8. The minimum atomic E-state index is -2.87. The number of nitrogens with two attached hydrogens (primary N) is 2. The molecular weight excluding hydrogens is 630 g/mol. The number of rotatable bonds is 9. The third-order valence-corrected chi connectivity index (χ3v) is 8.91. The van der Waals surface area contributed by atoms with Gasteiger partial charge in [-0.05, 0) is 49.1 Å². The van der Waals surface area contributed by atoms with Gasteiger partial charge in [0.25, 0.3) is 0 Å². The molecule has 0 radical (unpaired) electrons. The molecule has 0 amide bonds. The third kappa shape index (κ3) is 5.82. The van der Waals surface area contributed by atoms with Crippen LogP contribution >= 0.6 is 0 Å². The number of carbonyl (C=O) groups excluding carboxylic acids is 2. The molecule has 0 aromatic heterocycles. The Labute approximate surface area is 274 Å². The zero-order valence-corrected chi connectivity index (χ0v) is 26.5. The van der Waals surface area contributed by atoms with Crippen molar-refractivity contribution in [2.24, 2.45) is 16.5 Å². The predicted octanol–water partition coefficient (Wildman–Crippen LogP) is -1.50. The van der Waals surface area contributed by atoms with E-state index in [4.69, 9.17) is 25.7 Å². The topological polar surface area (TPSA) is 272 Å². The minimum Gasteiger partial charge on any atom is -0.507 e. The maximum absolute atomic E-state index is 14.1. The Morgan fingerprint density at radius 1 is 1.17 bits per heavy atom. The van der Waals surface area contributed by atoms with Crippen LogP contribution in [0.2, 0.25) is 0 Å². The maximum atomic E-state index is 14.1. The number of carbonyl (C=O) groups is 2. The van der Waals surface area contributed by atoms with Gasteiger partial charge in [-0.15, -0.1) is 0 Å². The average molecular weight is 670 g/mol. The Balaban J connectivity index is 1.51. The molecule has 12 N–H and O–H groups in total. The second kappa shape index (κ2) is 13.1. The number of hydrogen-bond donors (Lipinski definition) is 10. The molecule has 1 fully saturated rings. The molecule has 16 heteroatoms. The number of aliphatic hydroxyl groups excluding tert-OH is 3. The SMILES string of the molecule is CN=C(N)NCc1c(C)cc2c(c1O)C(=O)c1c(O[C@@H]3O[C@](O)(CO)[C@](O)(CCC4=CCNC(N)=C4)[C@H](O)[C@H]3O)cc(OC)cc1C2=O. The summed E-state index contributed by atoms with van der Waals surface area (Å²) in [5.41, 5.74) is 9.47. The van der Waals surface area contributed by atoms with Crippen molar-refractivity contribution in [3.8, 4) is 17.2 Å². The summed E-state index contributed by atoms with van der Waals surface area (Å²) in [6, 6.07) is 3.98. The van der Waals surface area contributed by atoms with E-state index >= 15 is 0 Å². The number of benzene rings is 2. The number of ether oxygens (including phenoxy) is 3. The van der Waals surface area contributed by atoms with Crippen LogP contribution in [-0.4, -0.2) is 105 Å². The minimum absolute atomic E-state index is 0.0189. The van der Waals surface area contributed by atoms with Crippen molar-refractivity contribution in [3.63, 3.8) is 0 Å². The van der Waals surface area contributed by atoms with Crippen LogP contribution in [-0.2, 0) is 11.3 Å². The van der Waals surface area contributed by atoms with Gasteiger partial charge in [0, 0.05) is 42.9 Å². The summed E-state index contributed by atoms with van der Waals surface area (Å²) in [6.45, 7) is 0.807. The summed E-state index contributed by atoms with van der Waals surface area (Å²) in [5, 5.41) is 72.2. The first kappa shape index (κ1) is 34.6. The number of guanidine groups is 1. The van der Waals surface area contributed by atoms with Gasteiger partial charge in [-0.25, -0.2) is 0 Å². The molecule has 48 heavy (non-hydrogen) atoms. The first-order chi connectivity index (χ1) is 22.7. The van der Waals surface area contributed by atoms with E-state index in [0.29, 0.717) is 23.5 Å². The van der Waals surface area contributed by atoms with Gasteiger partial charge in [0.15, 0.2) is 11.7 Å². The van der Waals surface area contributed by atoms with E-state index < -0.39 is 53.8 Å². The molecule has 3 aliphatic rings. The van der Waals surface area contributed by atoms with Gasteiger partial charge in [0.1, 0.15) is 41.7 Å². The molecule has 0 bridgehead atoms. The third-order valence-electron chi connectivity index (χ3n) is 8.91. The zero-order chi connectivity index (χ0) is 35.1. The number of phenols is 1. The van der Waals surface area contributed by atoms with Crippen LogP contribution in [0.25, 0.3) is 0 Å². The molecule has 0 unspecified atom stereocenters. The van der Waals surface area contributed by atoms with Gasteiger partial charge < -0.3 is 67.0 Å². The highest BCUT2D eigenvalue weighted by Crippen LogP contribution is 2.45. The van der Waals surface area contributed by atoms with Crippen molar-refractivity contribution in [1.29, 1.82) is 0 Å². The number of phenolic OH excluding ortho intramolecular Hbond substituents is 1. The molecular formula is C32H39N5O11. The number of dihydropyridines is 1. The molecule has 1 aliphatic carbocycles. The zero-order valence-electron chi connectivity index (χ0n) is 26.5. The quantitative estimate of drug-likeness (QED) is 0.0917. The number of nitrogens with one attached hydrogen (secondary N) is 2. The molecule has 1 saturated heterocycles. The Morgan fingerprint density at radius 2 is 1.88 bits per heavy atom. The Bertz CT molecular complexity index is 1740. The monoisotopic (exact) mass is 669 g/mol. The van der Waals surface area contributed by atoms with E-state index in [-0.39, 0.29) is 64.7 Å². The molecule has 5 atom stereocenters. The van der Waals surface area contributed by atoms with Crippen molar-refractivity contribution in [3.05, 3.63) is 75.1 Å². The summed E-state index contributed by atoms with van der Waals surface area (Å²) in [6.07, 6.45) is -3.13. The lowest BCUT2D eigenvalue weighted by atomic mass is 9.77. The first-order valence-corrected chi connectivity index (χ1v) is 15.0. The second-order valence-corrected chi connectivity index (χ2v) is 11.8. The Kier molecular flexibility index (Phi) is 9.42. The van der Waals surface area contributed by atoms with Crippen LogP contribution in [0.3, 0.4) is 0 Å². The summed E-state index contributed by atoms with van der Waals surface area (Å²) in [5.74, 6) is -4.68. The van der Waals surface area contributed by atoms with E-state index in [1.807, 2.05) is 0 Å². The van der Waals surface area contributed by atoms with Crippen LogP contribution in [0.1, 0.15) is 55.8 Å². The Morgan fingerprint density at radius 3 is 2.52 bits per heavy atom. The molecule has 0 saturated carbocycles. The van der Waals surface area contributed by atoms with Crippen LogP contribution < -0.4 is 31.6 Å². The lowest BCUT2D eigenvalue weighted by Crippen LogP contribution is -2.74. The molecule has 2 aromatic carbocycles. The highest BCUT2D eigenvalue weighted by molar-refractivity contribution is 6.30. The first-order valence-electron chi connectivity index (χ1n) is 15.0. The van der Waals surface area contributed by atoms with E-state index in [1.54, 1.807) is 19.1 Å². The summed E-state index contributed by atoms with van der Waals surface area (Å²) < 4.78 is 16.7. The number of nitrogens with zero attached hydrogens (tertiary/aromatic N) is 1. The maximum Gasteiger partial charge on any atom is 0.231 e. The lowest BCUT2D eigenvalue weighted by Gasteiger charge is -2.52. The largest absolute Gasteiger partial charge is 0.507 e. The predicted molar refractivity (Wildman–Crippen MR) is 169 cm³/mol. The molecule has 2 heterocycles. The summed E-state index contributed by atoms with van der Waals surface area (Å²) >= 11 is 0. The molecule has 16 nitrogen and oxygen atoms in total. The fourth-order valence-electron chi connectivity index (χ4n) is 6.10. The smallest absolute Gasteiger partial charge is 0.231 e. The summed E-state index contributed by atoms with van der Waals surface area (Å²) in [7, 11) is 2.77. The second-order valence-electron chi connectivity index (χ2n) is 11.8. The van der Waals surface area contributed by atoms with Crippen molar-refractivity contribution < 1.29 is 54.4 Å². The number of hydrogen-bond acceptors (Lipinski definition) is 14. The number of allylic oxidation sites excluding steroid dienone is 2. The van der Waals surface area contributed by atoms with Crippen LogP contribution in [0.4, 0.5) is 0 Å². The van der Waals surface area contributed by atoms with Crippen molar-refractivity contribution in [1.82, 2.24) is 10.6 Å². The molecule has 2 aliphatic heterocycles. The lowest BCUT2D eigenvalue weighted by molar-refractivity contribution is -0.419. The number of aryl methyl sites for hydroxylation is 1. The molecule has 5 rings (SSSR count). The Hall–Kier alpha value is -4.71. The number of aliphatic hydroxyl groups is 5. The van der Waals surface area contributed by atoms with Gasteiger partial charge in [-0.2, -0.15) is 0 Å². The van der Waals surface area contributed by atoms with Crippen molar-refractivity contribution in [2.75, 3.05) is 27.3 Å². The van der Waals surface area contributed by atoms with Gasteiger partial charge >= 0.3 is 0 Å². The number of ketones is 2. The van der Waals surface area contributed by atoms with E-state index in [1.165, 1.54) is 32.4 Å². The molecule has 258 valence electrons. The van der Waals surface area contributed by atoms with E-state index in [9.17, 15) is 40.2 Å². The number of fused-ring (bicyclic) bond motifs is 2. The number of aliphatic imine (C=N–C) groups is 1. The van der Waals surface area contributed by atoms with Gasteiger partial charge in [0.05, 0.1) is 24.1 Å². The van der Waals surface area contributed by atoms with Crippen molar-refractivity contribution >= 4 is 17.5 Å². The van der Waals surface area contributed by atoms with E-state index in [0.717, 1.165) is 0 Å². The fraction of sp³-hybridized carbons (Fsp3) is 0.406. The van der Waals surface area contributed by atoms with Crippen molar-refractivity contribution in [2.45, 2.75) is 56.2 Å². The van der Waals surface area contributed by atoms with Crippen LogP contribution in [0, 0.1) is 6.92 Å². The van der Waals surface area contributed by atoms with Gasteiger partial charge in [0.2, 0.25) is 17.9 Å². The molecule has 0 spiro atoms. The number of aromatic hydroxyl groups is 1. The average Bonchev–Trinajstić information content (AvgIpc) is 3.07. The van der Waals surface area contributed by atoms with Gasteiger partial charge in [-0.3, -0.25) is 14.6 Å². The number of methoxy groups -OCH3 is 1. The van der Waals surface area contributed by atoms with Crippen LogP contribution in [0.15, 0.2) is 46.7 Å². The van der Waals surface area contributed by atoms with E-state index in [2.05, 4.69) is 15.6 Å². The van der Waals surface area contributed by atoms with Crippen LogP contribution in [0.5, 0.6) is 17.2 Å². The normalized spacial score (nSPS) is 26.9. The molecule has 2 aromatic rings. The summed E-state index contributed by atoms with van der Waals surface area (Å²) in [4.78, 5) is 31.7. The van der Waals surface area contributed by atoms with Gasteiger partial charge in [-0.1, -0.05) is 6.08 Å². The highest BCUT2D eigenvalue weighted by Gasteiger charge is 2.64.